The van der Waals surface area contributed by atoms with Crippen molar-refractivity contribution in [2.24, 2.45) is 0 Å². The zero-order valence-electron chi connectivity index (χ0n) is 8.14. The summed E-state index contributed by atoms with van der Waals surface area (Å²) in [7, 11) is 0. The predicted octanol–water partition coefficient (Wildman–Crippen LogP) is 1.55. The van der Waals surface area contributed by atoms with Gasteiger partial charge in [0.05, 0.1) is 15.4 Å². The maximum atomic E-state index is 10.9. The average molecular weight is 236 g/mol. The van der Waals surface area contributed by atoms with Crippen molar-refractivity contribution < 1.29 is 14.4 Å². The minimum Gasteiger partial charge on any atom is -0.345 e. The molecule has 17 heavy (non-hydrogen) atoms. The highest BCUT2D eigenvalue weighted by molar-refractivity contribution is 5.76. The molecule has 1 aromatic carbocycles. The number of para-hydroxylation sites is 1. The molecule has 2 aromatic rings. The lowest BCUT2D eigenvalue weighted by molar-refractivity contribution is -0.422. The first-order valence-corrected chi connectivity index (χ1v) is 4.30. The number of aromatic nitrogens is 2. The van der Waals surface area contributed by atoms with E-state index in [2.05, 4.69) is 14.9 Å². The fourth-order valence-electron chi connectivity index (χ4n) is 1.36. The summed E-state index contributed by atoms with van der Waals surface area (Å²) in [5.41, 5.74) is -1.17. The van der Waals surface area contributed by atoms with Crippen molar-refractivity contribution >= 4 is 11.4 Å². The minimum atomic E-state index is -0.831. The lowest BCUT2D eigenvalue weighted by Gasteiger charge is -1.98. The largest absolute Gasteiger partial charge is 0.355 e. The zero-order chi connectivity index (χ0) is 12.4. The van der Waals surface area contributed by atoms with E-state index in [4.69, 9.17) is 0 Å². The molecule has 0 radical (unpaired) electrons. The molecule has 2 rings (SSSR count). The van der Waals surface area contributed by atoms with Crippen LogP contribution in [0.5, 0.6) is 0 Å². The van der Waals surface area contributed by atoms with Gasteiger partial charge in [0.2, 0.25) is 0 Å². The van der Waals surface area contributed by atoms with Gasteiger partial charge in [-0.15, -0.1) is 5.10 Å². The third-order valence-corrected chi connectivity index (χ3v) is 2.03. The van der Waals surface area contributed by atoms with E-state index in [-0.39, 0.29) is 11.3 Å². The molecule has 0 saturated carbocycles. The summed E-state index contributed by atoms with van der Waals surface area (Å²) in [6.07, 6.45) is 1.08. The molecule has 1 aromatic heterocycles. The second-order valence-corrected chi connectivity index (χ2v) is 2.98. The van der Waals surface area contributed by atoms with Crippen LogP contribution in [0.4, 0.5) is 11.4 Å². The molecule has 0 aliphatic heterocycles. The molecule has 9 nitrogen and oxygen atoms in total. The zero-order valence-corrected chi connectivity index (χ0v) is 8.14. The highest BCUT2D eigenvalue weighted by Crippen LogP contribution is 2.36. The van der Waals surface area contributed by atoms with Crippen molar-refractivity contribution in [3.05, 3.63) is 44.7 Å². The summed E-state index contributed by atoms with van der Waals surface area (Å²) in [6.45, 7) is 0. The Bertz CT molecular complexity index is 580. The van der Waals surface area contributed by atoms with Crippen molar-refractivity contribution in [1.82, 2.24) is 10.4 Å². The fraction of sp³-hybridized carbons (Fsp3) is 0. The van der Waals surface area contributed by atoms with E-state index < -0.39 is 21.2 Å². The number of nitro benzene ring substituents is 2. The molecule has 0 spiro atoms. The Morgan fingerprint density at radius 2 is 1.94 bits per heavy atom. The fourth-order valence-corrected chi connectivity index (χ4v) is 1.36. The molecular formula is C8H4N4O5. The first kappa shape index (κ1) is 10.7. The molecule has 9 heteroatoms. The second-order valence-electron chi connectivity index (χ2n) is 2.98. The van der Waals surface area contributed by atoms with Gasteiger partial charge in [0.15, 0.2) is 6.26 Å². The molecule has 0 amide bonds. The molecule has 0 saturated heterocycles. The SMILES string of the molecule is O=[N+]([O-])c1cccc(-c2conn2)c1[N+](=O)[O-]. The van der Waals surface area contributed by atoms with Crippen molar-refractivity contribution in [3.63, 3.8) is 0 Å². The molecule has 0 bridgehead atoms. The highest BCUT2D eigenvalue weighted by atomic mass is 16.6. The van der Waals surface area contributed by atoms with Gasteiger partial charge in [0, 0.05) is 11.3 Å². The quantitative estimate of drug-likeness (QED) is 0.584. The Labute approximate surface area is 92.9 Å². The van der Waals surface area contributed by atoms with E-state index in [0.29, 0.717) is 0 Å². The maximum Gasteiger partial charge on any atom is 0.355 e. The van der Waals surface area contributed by atoms with Gasteiger partial charge in [-0.2, -0.15) is 0 Å². The highest BCUT2D eigenvalue weighted by Gasteiger charge is 2.29. The van der Waals surface area contributed by atoms with E-state index in [0.717, 1.165) is 12.3 Å². The topological polar surface area (TPSA) is 125 Å². The molecular weight excluding hydrogens is 232 g/mol. The van der Waals surface area contributed by atoms with E-state index in [1.807, 2.05) is 0 Å². The van der Waals surface area contributed by atoms with E-state index in [1.54, 1.807) is 0 Å². The summed E-state index contributed by atoms with van der Waals surface area (Å²) < 4.78 is 4.45. The van der Waals surface area contributed by atoms with Crippen LogP contribution in [0.3, 0.4) is 0 Å². The van der Waals surface area contributed by atoms with Gasteiger partial charge in [-0.3, -0.25) is 20.2 Å². The Balaban J connectivity index is 2.72. The van der Waals surface area contributed by atoms with Crippen LogP contribution >= 0.6 is 0 Å². The molecule has 1 heterocycles. The smallest absolute Gasteiger partial charge is 0.345 e. The molecule has 0 fully saturated rings. The molecule has 86 valence electrons. The van der Waals surface area contributed by atoms with Gasteiger partial charge in [-0.05, 0) is 6.07 Å². The summed E-state index contributed by atoms with van der Waals surface area (Å²) in [4.78, 5) is 19.9. The Morgan fingerprint density at radius 3 is 2.47 bits per heavy atom. The first-order valence-electron chi connectivity index (χ1n) is 4.30. The van der Waals surface area contributed by atoms with Gasteiger partial charge >= 0.3 is 11.4 Å². The number of hydrogen-bond donors (Lipinski definition) is 0. The van der Waals surface area contributed by atoms with Crippen molar-refractivity contribution in [1.29, 1.82) is 0 Å². The molecule has 0 N–H and O–H groups in total. The monoisotopic (exact) mass is 236 g/mol. The van der Waals surface area contributed by atoms with E-state index >= 15 is 0 Å². The molecule has 0 unspecified atom stereocenters. The standard InChI is InChI=1S/C8H4N4O5/c13-11(14)7-3-1-2-5(8(7)12(15)16)6-4-17-10-9-6/h1-4H. The van der Waals surface area contributed by atoms with Gasteiger partial charge in [0.1, 0.15) is 5.69 Å². The van der Waals surface area contributed by atoms with Crippen LogP contribution in [0, 0.1) is 20.2 Å². The molecule has 0 aliphatic carbocycles. The number of nitrogens with zero attached hydrogens (tertiary/aromatic N) is 4. The average Bonchev–Trinajstić information content (AvgIpc) is 2.81. The summed E-state index contributed by atoms with van der Waals surface area (Å²) in [5.74, 6) is 0. The van der Waals surface area contributed by atoms with Crippen LogP contribution in [0.15, 0.2) is 29.0 Å². The van der Waals surface area contributed by atoms with Crippen LogP contribution < -0.4 is 0 Å². The molecule has 0 aliphatic rings. The third-order valence-electron chi connectivity index (χ3n) is 2.03. The Morgan fingerprint density at radius 1 is 1.18 bits per heavy atom. The first-order chi connectivity index (χ1) is 8.11. The number of benzene rings is 1. The normalized spacial score (nSPS) is 10.1. The van der Waals surface area contributed by atoms with E-state index in [9.17, 15) is 20.2 Å². The van der Waals surface area contributed by atoms with Crippen LogP contribution in [0.2, 0.25) is 0 Å². The number of hydrogen-bond acceptors (Lipinski definition) is 7. The number of rotatable bonds is 3. The predicted molar refractivity (Wildman–Crippen MR) is 53.0 cm³/mol. The van der Waals surface area contributed by atoms with Gasteiger partial charge < -0.3 is 4.52 Å². The van der Waals surface area contributed by atoms with Crippen LogP contribution in [0.1, 0.15) is 0 Å². The summed E-state index contributed by atoms with van der Waals surface area (Å²) in [6, 6.07) is 3.72. The Kier molecular flexibility index (Phi) is 2.49. The second kappa shape index (κ2) is 3.96. The minimum absolute atomic E-state index is 0.00884. The van der Waals surface area contributed by atoms with Crippen LogP contribution in [-0.4, -0.2) is 20.2 Å². The Hall–Kier alpha value is -2.84. The lowest BCUT2D eigenvalue weighted by Crippen LogP contribution is -1.98. The van der Waals surface area contributed by atoms with Gasteiger partial charge in [0.25, 0.3) is 0 Å². The molecule has 0 atom stereocenters. The summed E-state index contributed by atoms with van der Waals surface area (Å²) in [5, 5.41) is 28.2. The van der Waals surface area contributed by atoms with Crippen molar-refractivity contribution in [2.75, 3.05) is 0 Å². The van der Waals surface area contributed by atoms with Gasteiger partial charge in [-0.1, -0.05) is 6.07 Å². The van der Waals surface area contributed by atoms with Gasteiger partial charge in [-0.25, -0.2) is 0 Å². The number of nitro groups is 2. The van der Waals surface area contributed by atoms with Crippen LogP contribution in [-0.2, 0) is 0 Å². The van der Waals surface area contributed by atoms with Crippen molar-refractivity contribution in [3.8, 4) is 11.3 Å². The summed E-state index contributed by atoms with van der Waals surface area (Å²) >= 11 is 0. The van der Waals surface area contributed by atoms with Crippen LogP contribution in [0.25, 0.3) is 11.3 Å². The third kappa shape index (κ3) is 1.80. The lowest BCUT2D eigenvalue weighted by atomic mass is 10.1. The van der Waals surface area contributed by atoms with E-state index in [1.165, 1.54) is 12.1 Å². The maximum absolute atomic E-state index is 10.9. The van der Waals surface area contributed by atoms with Crippen molar-refractivity contribution in [2.45, 2.75) is 0 Å².